The summed E-state index contributed by atoms with van der Waals surface area (Å²) in [6.07, 6.45) is -4.60. The fraction of sp³-hybridized carbons (Fsp3) is 0.333. The van der Waals surface area contributed by atoms with Gasteiger partial charge in [0, 0.05) is 6.42 Å². The van der Waals surface area contributed by atoms with Gasteiger partial charge >= 0.3 is 6.18 Å². The molecule has 0 fully saturated rings. The van der Waals surface area contributed by atoms with Gasteiger partial charge in [-0.3, -0.25) is 9.59 Å². The Labute approximate surface area is 161 Å². The molecule has 3 N–H and O–H groups in total. The van der Waals surface area contributed by atoms with Crippen molar-refractivity contribution in [1.82, 2.24) is 5.32 Å². The number of carbonyl (C=O) groups excluding carboxylic acids is 2. The number of rotatable bonds is 5. The van der Waals surface area contributed by atoms with E-state index in [9.17, 15) is 22.8 Å². The summed E-state index contributed by atoms with van der Waals surface area (Å²) in [6, 6.07) is 10.7. The van der Waals surface area contributed by atoms with Gasteiger partial charge in [-0.1, -0.05) is 57.2 Å². The normalized spacial score (nSPS) is 13.1. The second-order valence-corrected chi connectivity index (χ2v) is 7.62. The predicted molar refractivity (Wildman–Crippen MR) is 101 cm³/mol. The van der Waals surface area contributed by atoms with Gasteiger partial charge < -0.3 is 11.1 Å². The van der Waals surface area contributed by atoms with Crippen molar-refractivity contribution in [3.05, 3.63) is 70.8 Å². The van der Waals surface area contributed by atoms with Gasteiger partial charge in [0.25, 0.3) is 5.91 Å². The average molecular weight is 392 g/mol. The molecule has 2 rings (SSSR count). The molecule has 4 nitrogen and oxygen atoms in total. The summed E-state index contributed by atoms with van der Waals surface area (Å²) in [5.74, 6) is -1.82. The van der Waals surface area contributed by atoms with Crippen molar-refractivity contribution in [3.8, 4) is 0 Å². The van der Waals surface area contributed by atoms with Crippen LogP contribution >= 0.6 is 0 Å². The van der Waals surface area contributed by atoms with Crippen LogP contribution in [0.3, 0.4) is 0 Å². The first-order valence-corrected chi connectivity index (χ1v) is 8.75. The Kier molecular flexibility index (Phi) is 6.17. The zero-order valence-electron chi connectivity index (χ0n) is 15.9. The molecule has 28 heavy (non-hydrogen) atoms. The van der Waals surface area contributed by atoms with Crippen LogP contribution in [0.15, 0.2) is 48.5 Å². The van der Waals surface area contributed by atoms with Crippen LogP contribution < -0.4 is 11.1 Å². The molecule has 150 valence electrons. The summed E-state index contributed by atoms with van der Waals surface area (Å²) in [7, 11) is 0. The number of benzene rings is 2. The Morgan fingerprint density at radius 1 is 1.00 bits per heavy atom. The van der Waals surface area contributed by atoms with E-state index in [1.54, 1.807) is 0 Å². The van der Waals surface area contributed by atoms with E-state index in [1.165, 1.54) is 12.1 Å². The molecule has 0 heterocycles. The molecule has 7 heteroatoms. The fourth-order valence-electron chi connectivity index (χ4n) is 2.76. The number of hydrogen-bond donors (Lipinski definition) is 2. The van der Waals surface area contributed by atoms with Crippen LogP contribution in [-0.4, -0.2) is 17.9 Å². The molecule has 0 aliphatic heterocycles. The maximum absolute atomic E-state index is 13.1. The van der Waals surface area contributed by atoms with Gasteiger partial charge in [-0.15, -0.1) is 0 Å². The number of nitrogens with one attached hydrogen (secondary N) is 1. The van der Waals surface area contributed by atoms with Crippen LogP contribution in [0, 0.1) is 0 Å². The van der Waals surface area contributed by atoms with E-state index in [4.69, 9.17) is 5.73 Å². The van der Waals surface area contributed by atoms with Crippen molar-refractivity contribution in [2.75, 3.05) is 0 Å². The highest BCUT2D eigenvalue weighted by Crippen LogP contribution is 2.31. The minimum Gasteiger partial charge on any atom is -0.368 e. The Balaban J connectivity index is 2.20. The first kappa shape index (κ1) is 21.5. The van der Waals surface area contributed by atoms with Gasteiger partial charge in [-0.05, 0) is 28.7 Å². The van der Waals surface area contributed by atoms with Crippen molar-refractivity contribution in [3.63, 3.8) is 0 Å². The zero-order chi connectivity index (χ0) is 21.1. The number of halogens is 3. The second kappa shape index (κ2) is 8.04. The smallest absolute Gasteiger partial charge is 0.368 e. The number of alkyl halides is 3. The van der Waals surface area contributed by atoms with Crippen LogP contribution in [0.2, 0.25) is 0 Å². The van der Waals surface area contributed by atoms with Crippen LogP contribution in [-0.2, 0) is 22.8 Å². The highest BCUT2D eigenvalue weighted by molar-refractivity contribution is 5.98. The molecule has 0 aliphatic carbocycles. The lowest BCUT2D eigenvalue weighted by molar-refractivity contribution is -0.137. The Hall–Kier alpha value is -2.83. The Morgan fingerprint density at radius 2 is 1.57 bits per heavy atom. The maximum Gasteiger partial charge on any atom is 0.417 e. The van der Waals surface area contributed by atoms with E-state index in [2.05, 4.69) is 26.1 Å². The molecule has 0 radical (unpaired) electrons. The SMILES string of the molecule is CC(C)(C)c1ccc(C[C@H](NC(=O)c2ccccc2C(F)(F)F)C(N)=O)cc1. The predicted octanol–water partition coefficient (Wildman–Crippen LogP) is 3.83. The fourth-order valence-corrected chi connectivity index (χ4v) is 2.76. The van der Waals surface area contributed by atoms with Gasteiger partial charge in [0.2, 0.25) is 5.91 Å². The monoisotopic (exact) mass is 392 g/mol. The van der Waals surface area contributed by atoms with Crippen molar-refractivity contribution in [1.29, 1.82) is 0 Å². The van der Waals surface area contributed by atoms with Crippen molar-refractivity contribution >= 4 is 11.8 Å². The minimum atomic E-state index is -4.68. The van der Waals surface area contributed by atoms with Crippen molar-refractivity contribution in [2.24, 2.45) is 5.73 Å². The van der Waals surface area contributed by atoms with Crippen LogP contribution in [0.1, 0.15) is 47.8 Å². The first-order chi connectivity index (χ1) is 12.9. The summed E-state index contributed by atoms with van der Waals surface area (Å²) in [4.78, 5) is 24.1. The molecular formula is C21H23F3N2O2. The lowest BCUT2D eigenvalue weighted by atomic mass is 9.86. The molecule has 0 saturated carbocycles. The molecule has 0 aromatic heterocycles. The summed E-state index contributed by atoms with van der Waals surface area (Å²) in [5, 5.41) is 2.33. The maximum atomic E-state index is 13.1. The molecular weight excluding hydrogens is 369 g/mol. The van der Waals surface area contributed by atoms with Gasteiger partial charge in [0.1, 0.15) is 6.04 Å². The third-order valence-corrected chi connectivity index (χ3v) is 4.39. The molecule has 2 amide bonds. The molecule has 0 bridgehead atoms. The Morgan fingerprint density at radius 3 is 2.07 bits per heavy atom. The zero-order valence-corrected chi connectivity index (χ0v) is 15.9. The van der Waals surface area contributed by atoms with Crippen LogP contribution in [0.5, 0.6) is 0 Å². The highest BCUT2D eigenvalue weighted by Gasteiger charge is 2.35. The first-order valence-electron chi connectivity index (χ1n) is 8.75. The number of amides is 2. The Bertz CT molecular complexity index is 853. The van der Waals surface area contributed by atoms with Crippen molar-refractivity contribution < 1.29 is 22.8 Å². The number of hydrogen-bond acceptors (Lipinski definition) is 2. The molecule has 0 saturated heterocycles. The second-order valence-electron chi connectivity index (χ2n) is 7.62. The standard InChI is InChI=1S/C21H23F3N2O2/c1-20(2,3)14-10-8-13(9-11-14)12-17(18(25)27)26-19(28)15-6-4-5-7-16(15)21(22,23)24/h4-11,17H,12H2,1-3H3,(H2,25,27)(H,26,28)/t17-/m0/s1. The largest absolute Gasteiger partial charge is 0.417 e. The van der Waals surface area contributed by atoms with Crippen LogP contribution in [0.4, 0.5) is 13.2 Å². The van der Waals surface area contributed by atoms with E-state index in [0.717, 1.165) is 23.3 Å². The quantitative estimate of drug-likeness (QED) is 0.812. The lowest BCUT2D eigenvalue weighted by Crippen LogP contribution is -2.46. The third kappa shape index (κ3) is 5.34. The minimum absolute atomic E-state index is 0.0445. The number of carbonyl (C=O) groups is 2. The van der Waals surface area contributed by atoms with Crippen molar-refractivity contribution in [2.45, 2.75) is 44.8 Å². The third-order valence-electron chi connectivity index (χ3n) is 4.39. The average Bonchev–Trinajstić information content (AvgIpc) is 2.60. The molecule has 0 spiro atoms. The van der Waals surface area contributed by atoms with Crippen LogP contribution in [0.25, 0.3) is 0 Å². The van der Waals surface area contributed by atoms with E-state index in [1.807, 2.05) is 24.3 Å². The number of primary amides is 1. The van der Waals surface area contributed by atoms with Gasteiger partial charge in [-0.25, -0.2) is 0 Å². The molecule has 0 unspecified atom stereocenters. The lowest BCUT2D eigenvalue weighted by Gasteiger charge is -2.20. The van der Waals surface area contributed by atoms with E-state index in [-0.39, 0.29) is 11.8 Å². The van der Waals surface area contributed by atoms with Gasteiger partial charge in [-0.2, -0.15) is 13.2 Å². The summed E-state index contributed by atoms with van der Waals surface area (Å²) in [5.41, 5.74) is 5.53. The summed E-state index contributed by atoms with van der Waals surface area (Å²) in [6.45, 7) is 6.19. The van der Waals surface area contributed by atoms with E-state index in [0.29, 0.717) is 0 Å². The molecule has 2 aromatic carbocycles. The molecule has 1 atom stereocenters. The molecule has 2 aromatic rings. The van der Waals surface area contributed by atoms with E-state index >= 15 is 0 Å². The van der Waals surface area contributed by atoms with Gasteiger partial charge in [0.15, 0.2) is 0 Å². The summed E-state index contributed by atoms with van der Waals surface area (Å²) < 4.78 is 39.3. The molecule has 0 aliphatic rings. The highest BCUT2D eigenvalue weighted by atomic mass is 19.4. The topological polar surface area (TPSA) is 72.2 Å². The summed E-state index contributed by atoms with van der Waals surface area (Å²) >= 11 is 0. The van der Waals surface area contributed by atoms with E-state index < -0.39 is 35.2 Å². The van der Waals surface area contributed by atoms with Gasteiger partial charge in [0.05, 0.1) is 11.1 Å². The number of nitrogens with two attached hydrogens (primary N) is 1.